The molecule has 0 N–H and O–H groups in total. The Balaban J connectivity index is 1.48. The van der Waals surface area contributed by atoms with Crippen LogP contribution < -0.4 is 0 Å². The zero-order valence-corrected chi connectivity index (χ0v) is 18.5. The summed E-state index contributed by atoms with van der Waals surface area (Å²) in [6.45, 7) is 4.13. The van der Waals surface area contributed by atoms with Gasteiger partial charge in [-0.15, -0.1) is 0 Å². The lowest BCUT2D eigenvalue weighted by molar-refractivity contribution is -0.126. The molecule has 1 fully saturated rings. The molecule has 1 aliphatic rings. The topological polar surface area (TPSA) is 23.6 Å². The molecule has 1 saturated heterocycles. The average molecular weight is 461 g/mol. The summed E-state index contributed by atoms with van der Waals surface area (Å²) < 4.78 is 1.14. The molecule has 1 amide bonds. The molecule has 0 aliphatic carbocycles. The van der Waals surface area contributed by atoms with Gasteiger partial charge in [0.25, 0.3) is 5.91 Å². The second-order valence-corrected chi connectivity index (χ2v) is 8.35. The van der Waals surface area contributed by atoms with Crippen molar-refractivity contribution in [2.45, 2.75) is 6.54 Å². The van der Waals surface area contributed by atoms with Gasteiger partial charge in [-0.2, -0.15) is 0 Å². The van der Waals surface area contributed by atoms with E-state index in [1.54, 1.807) is 0 Å². The van der Waals surface area contributed by atoms with Crippen molar-refractivity contribution in [3.05, 3.63) is 106 Å². The maximum Gasteiger partial charge on any atom is 0.254 e. The van der Waals surface area contributed by atoms with Crippen LogP contribution in [0.1, 0.15) is 16.7 Å². The Morgan fingerprint density at radius 2 is 1.40 bits per heavy atom. The highest BCUT2D eigenvalue weighted by Gasteiger charge is 2.24. The van der Waals surface area contributed by atoms with Crippen LogP contribution in [0.2, 0.25) is 0 Å². The minimum Gasteiger partial charge on any atom is -0.336 e. The van der Waals surface area contributed by atoms with Gasteiger partial charge in [-0.1, -0.05) is 94.8 Å². The van der Waals surface area contributed by atoms with E-state index < -0.39 is 0 Å². The zero-order chi connectivity index (χ0) is 20.8. The highest BCUT2D eigenvalue weighted by atomic mass is 79.9. The number of hydrogen-bond donors (Lipinski definition) is 0. The molecule has 30 heavy (non-hydrogen) atoms. The molecule has 0 bridgehead atoms. The van der Waals surface area contributed by atoms with Crippen molar-refractivity contribution in [3.8, 4) is 0 Å². The number of piperazine rings is 1. The third kappa shape index (κ3) is 5.07. The molecule has 3 aromatic carbocycles. The van der Waals surface area contributed by atoms with Crippen LogP contribution in [0.15, 0.2) is 89.4 Å². The number of hydrogen-bond acceptors (Lipinski definition) is 2. The van der Waals surface area contributed by atoms with Crippen LogP contribution in [0.3, 0.4) is 0 Å². The van der Waals surface area contributed by atoms with Crippen molar-refractivity contribution in [1.29, 1.82) is 0 Å². The number of carbonyl (C=O) groups excluding carboxylic acids is 1. The second kappa shape index (κ2) is 9.88. The van der Waals surface area contributed by atoms with Gasteiger partial charge in [0.2, 0.25) is 0 Å². The van der Waals surface area contributed by atoms with Crippen molar-refractivity contribution < 1.29 is 4.79 Å². The molecule has 3 nitrogen and oxygen atoms in total. The molecule has 3 aromatic rings. The molecule has 1 aliphatic heterocycles. The predicted octanol–water partition coefficient (Wildman–Crippen LogP) is 5.33. The van der Waals surface area contributed by atoms with Crippen LogP contribution >= 0.6 is 15.9 Å². The average Bonchev–Trinajstić information content (AvgIpc) is 2.80. The summed E-state index contributed by atoms with van der Waals surface area (Å²) in [6.07, 6.45) is 2.01. The third-order valence-electron chi connectivity index (χ3n) is 5.44. The SMILES string of the molecule is O=C(/C(=C\c1ccccc1)c1ccccc1)N1CCN(Cc2ccccc2Br)CC1. The zero-order valence-electron chi connectivity index (χ0n) is 16.9. The van der Waals surface area contributed by atoms with Crippen LogP contribution in [0.25, 0.3) is 11.6 Å². The Morgan fingerprint density at radius 1 is 0.800 bits per heavy atom. The van der Waals surface area contributed by atoms with Gasteiger partial charge in [-0.25, -0.2) is 0 Å². The molecule has 0 aromatic heterocycles. The molecule has 4 heteroatoms. The molecular formula is C26H25BrN2O. The Morgan fingerprint density at radius 3 is 2.07 bits per heavy atom. The monoisotopic (exact) mass is 460 g/mol. The van der Waals surface area contributed by atoms with Gasteiger partial charge in [-0.05, 0) is 28.8 Å². The Bertz CT molecular complexity index is 1010. The number of halogens is 1. The first-order valence-corrected chi connectivity index (χ1v) is 11.1. The third-order valence-corrected chi connectivity index (χ3v) is 6.21. The Hall–Kier alpha value is -2.69. The van der Waals surface area contributed by atoms with Crippen LogP contribution in [-0.4, -0.2) is 41.9 Å². The summed E-state index contributed by atoms with van der Waals surface area (Å²) in [5.41, 5.74) is 4.03. The summed E-state index contributed by atoms with van der Waals surface area (Å²) >= 11 is 3.64. The number of nitrogens with zero attached hydrogens (tertiary/aromatic N) is 2. The molecule has 0 unspecified atom stereocenters. The van der Waals surface area contributed by atoms with Crippen molar-refractivity contribution in [2.24, 2.45) is 0 Å². The summed E-state index contributed by atoms with van der Waals surface area (Å²) in [4.78, 5) is 17.8. The predicted molar refractivity (Wildman–Crippen MR) is 127 cm³/mol. The number of amides is 1. The summed E-state index contributed by atoms with van der Waals surface area (Å²) in [7, 11) is 0. The first-order chi connectivity index (χ1) is 14.7. The summed E-state index contributed by atoms with van der Waals surface area (Å²) in [6, 6.07) is 28.4. The smallest absolute Gasteiger partial charge is 0.254 e. The molecular weight excluding hydrogens is 436 g/mol. The molecule has 0 spiro atoms. The second-order valence-electron chi connectivity index (χ2n) is 7.49. The van der Waals surface area contributed by atoms with Crippen LogP contribution in [-0.2, 0) is 11.3 Å². The fraction of sp³-hybridized carbons (Fsp3) is 0.192. The molecule has 4 rings (SSSR count). The maximum absolute atomic E-state index is 13.5. The fourth-order valence-corrected chi connectivity index (χ4v) is 4.16. The first kappa shape index (κ1) is 20.6. The van der Waals surface area contributed by atoms with E-state index in [0.29, 0.717) is 0 Å². The van der Waals surface area contributed by atoms with E-state index >= 15 is 0 Å². The van der Waals surface area contributed by atoms with Crippen molar-refractivity contribution in [3.63, 3.8) is 0 Å². The van der Waals surface area contributed by atoms with Gasteiger partial charge in [0.05, 0.1) is 0 Å². The summed E-state index contributed by atoms with van der Waals surface area (Å²) in [5, 5.41) is 0. The van der Waals surface area contributed by atoms with Crippen LogP contribution in [0, 0.1) is 0 Å². The molecule has 0 radical (unpaired) electrons. The van der Waals surface area contributed by atoms with Crippen LogP contribution in [0.4, 0.5) is 0 Å². The molecule has 0 saturated carbocycles. The minimum atomic E-state index is 0.102. The van der Waals surface area contributed by atoms with Crippen LogP contribution in [0.5, 0.6) is 0 Å². The van der Waals surface area contributed by atoms with E-state index in [1.807, 2.05) is 77.7 Å². The van der Waals surface area contributed by atoms with E-state index in [-0.39, 0.29) is 5.91 Å². The standard InChI is InChI=1S/C26H25BrN2O/c27-25-14-8-7-13-23(25)20-28-15-17-29(18-16-28)26(30)24(22-11-5-2-6-12-22)19-21-9-3-1-4-10-21/h1-14,19H,15-18,20H2/b24-19-. The largest absolute Gasteiger partial charge is 0.336 e. The van der Waals surface area contributed by atoms with Crippen molar-refractivity contribution in [1.82, 2.24) is 9.80 Å². The Kier molecular flexibility index (Phi) is 6.77. The number of benzene rings is 3. The van der Waals surface area contributed by atoms with Gasteiger partial charge in [0.1, 0.15) is 0 Å². The van der Waals surface area contributed by atoms with Gasteiger partial charge < -0.3 is 4.90 Å². The number of carbonyl (C=O) groups is 1. The van der Waals surface area contributed by atoms with Gasteiger partial charge >= 0.3 is 0 Å². The highest BCUT2D eigenvalue weighted by molar-refractivity contribution is 9.10. The van der Waals surface area contributed by atoms with E-state index in [2.05, 4.69) is 39.0 Å². The van der Waals surface area contributed by atoms with Gasteiger partial charge in [0, 0.05) is 42.8 Å². The Labute approximate surface area is 186 Å². The van der Waals surface area contributed by atoms with E-state index in [1.165, 1.54) is 5.56 Å². The van der Waals surface area contributed by atoms with E-state index in [4.69, 9.17) is 0 Å². The number of rotatable bonds is 5. The lowest BCUT2D eigenvalue weighted by Crippen LogP contribution is -2.48. The van der Waals surface area contributed by atoms with E-state index in [0.717, 1.165) is 53.9 Å². The molecule has 1 heterocycles. The lowest BCUT2D eigenvalue weighted by Gasteiger charge is -2.35. The molecule has 152 valence electrons. The van der Waals surface area contributed by atoms with Gasteiger partial charge in [0.15, 0.2) is 0 Å². The fourth-order valence-electron chi connectivity index (χ4n) is 3.75. The molecule has 0 atom stereocenters. The minimum absolute atomic E-state index is 0.102. The van der Waals surface area contributed by atoms with E-state index in [9.17, 15) is 4.79 Å². The quantitative estimate of drug-likeness (QED) is 0.379. The first-order valence-electron chi connectivity index (χ1n) is 10.3. The normalized spacial score (nSPS) is 15.2. The van der Waals surface area contributed by atoms with Crippen molar-refractivity contribution >= 4 is 33.5 Å². The van der Waals surface area contributed by atoms with Gasteiger partial charge in [-0.3, -0.25) is 9.69 Å². The lowest BCUT2D eigenvalue weighted by atomic mass is 10.0. The maximum atomic E-state index is 13.5. The summed E-state index contributed by atoms with van der Waals surface area (Å²) in [5.74, 6) is 0.102. The highest BCUT2D eigenvalue weighted by Crippen LogP contribution is 2.23. The van der Waals surface area contributed by atoms with Crippen molar-refractivity contribution in [2.75, 3.05) is 26.2 Å².